The second kappa shape index (κ2) is 4.55. The van der Waals surface area contributed by atoms with Crippen molar-refractivity contribution in [2.24, 2.45) is 0 Å². The minimum atomic E-state index is -3.31. The average molecular weight is 227 g/mol. The molecule has 1 rings (SSSR count). The first-order chi connectivity index (χ1) is 6.88. The zero-order chi connectivity index (χ0) is 11.5. The lowest BCUT2D eigenvalue weighted by atomic mass is 10.1. The maximum absolute atomic E-state index is 11.5. The Morgan fingerprint density at radius 1 is 1.27 bits per heavy atom. The van der Waals surface area contributed by atoms with Crippen LogP contribution in [0.15, 0.2) is 24.3 Å². The van der Waals surface area contributed by atoms with Crippen molar-refractivity contribution in [3.8, 4) is 0 Å². The van der Waals surface area contributed by atoms with E-state index in [-0.39, 0.29) is 12.3 Å². The summed E-state index contributed by atoms with van der Waals surface area (Å²) in [6.45, 7) is 1.73. The van der Waals surface area contributed by atoms with Gasteiger partial charge >= 0.3 is 0 Å². The van der Waals surface area contributed by atoms with Crippen LogP contribution in [0.25, 0.3) is 0 Å². The van der Waals surface area contributed by atoms with E-state index in [1.54, 1.807) is 12.1 Å². The summed E-state index contributed by atoms with van der Waals surface area (Å²) in [5.74, 6) is -0.236. The van der Waals surface area contributed by atoms with Crippen LogP contribution < -0.4 is 4.72 Å². The quantitative estimate of drug-likeness (QED) is 0.771. The third-order valence-corrected chi connectivity index (χ3v) is 2.54. The Kier molecular flexibility index (Phi) is 3.60. The van der Waals surface area contributed by atoms with Crippen molar-refractivity contribution in [3.63, 3.8) is 0 Å². The third kappa shape index (κ3) is 4.22. The van der Waals surface area contributed by atoms with Gasteiger partial charge in [0.2, 0.25) is 10.0 Å². The number of ketones is 1. The molecule has 0 aliphatic carbocycles. The van der Waals surface area contributed by atoms with E-state index in [0.717, 1.165) is 11.8 Å². The van der Waals surface area contributed by atoms with Gasteiger partial charge < -0.3 is 0 Å². The number of carbonyl (C=O) groups excluding carboxylic acids is 1. The van der Waals surface area contributed by atoms with E-state index in [9.17, 15) is 13.2 Å². The zero-order valence-corrected chi connectivity index (χ0v) is 9.47. The Labute approximate surface area is 89.4 Å². The number of sulfonamides is 1. The van der Waals surface area contributed by atoms with Crippen LogP contribution in [0, 0.1) is 6.92 Å². The summed E-state index contributed by atoms with van der Waals surface area (Å²) in [5, 5.41) is 0. The number of nitrogens with one attached hydrogen (secondary N) is 1. The molecule has 0 fully saturated rings. The maximum Gasteiger partial charge on any atom is 0.209 e. The van der Waals surface area contributed by atoms with Crippen LogP contribution in [0.5, 0.6) is 0 Å². The molecule has 1 N–H and O–H groups in total. The number of benzene rings is 1. The van der Waals surface area contributed by atoms with Gasteiger partial charge in [0.15, 0.2) is 5.78 Å². The lowest BCUT2D eigenvalue weighted by molar-refractivity contribution is 0.0997. The lowest BCUT2D eigenvalue weighted by Gasteiger charge is -2.02. The molecule has 0 bridgehead atoms. The SMILES string of the molecule is Cc1ccc(C(=O)CNS(C)(=O)=O)cc1. The van der Waals surface area contributed by atoms with E-state index in [1.165, 1.54) is 0 Å². The van der Waals surface area contributed by atoms with Crippen LogP contribution >= 0.6 is 0 Å². The maximum atomic E-state index is 11.5. The van der Waals surface area contributed by atoms with E-state index in [2.05, 4.69) is 4.72 Å². The van der Waals surface area contributed by atoms with Gasteiger partial charge in [0.05, 0.1) is 12.8 Å². The minimum absolute atomic E-state index is 0.193. The summed E-state index contributed by atoms with van der Waals surface area (Å²) in [7, 11) is -3.31. The van der Waals surface area contributed by atoms with Crippen molar-refractivity contribution in [2.45, 2.75) is 6.92 Å². The van der Waals surface area contributed by atoms with Crippen LogP contribution in [-0.2, 0) is 10.0 Å². The molecule has 0 radical (unpaired) electrons. The number of carbonyl (C=O) groups is 1. The van der Waals surface area contributed by atoms with E-state index in [1.807, 2.05) is 19.1 Å². The van der Waals surface area contributed by atoms with Crippen molar-refractivity contribution >= 4 is 15.8 Å². The Bertz CT molecular complexity index is 448. The minimum Gasteiger partial charge on any atom is -0.293 e. The predicted molar refractivity (Wildman–Crippen MR) is 58.4 cm³/mol. The summed E-state index contributed by atoms with van der Waals surface area (Å²) >= 11 is 0. The first-order valence-corrected chi connectivity index (χ1v) is 6.32. The van der Waals surface area contributed by atoms with Crippen LogP contribution in [-0.4, -0.2) is 27.0 Å². The van der Waals surface area contributed by atoms with Gasteiger partial charge in [-0.25, -0.2) is 13.1 Å². The van der Waals surface area contributed by atoms with Crippen molar-refractivity contribution in [3.05, 3.63) is 35.4 Å². The van der Waals surface area contributed by atoms with E-state index in [0.29, 0.717) is 5.56 Å². The second-order valence-corrected chi connectivity index (χ2v) is 5.22. The molecule has 4 nitrogen and oxygen atoms in total. The summed E-state index contributed by atoms with van der Waals surface area (Å²) in [6, 6.07) is 6.99. The number of hydrogen-bond donors (Lipinski definition) is 1. The normalized spacial score (nSPS) is 11.3. The highest BCUT2D eigenvalue weighted by Crippen LogP contribution is 2.03. The van der Waals surface area contributed by atoms with Gasteiger partial charge in [-0.05, 0) is 6.92 Å². The molecule has 0 atom stereocenters. The van der Waals surface area contributed by atoms with Gasteiger partial charge in [-0.2, -0.15) is 0 Å². The highest BCUT2D eigenvalue weighted by Gasteiger charge is 2.08. The molecular formula is C10H13NO3S. The summed E-state index contributed by atoms with van der Waals surface area (Å²) < 4.78 is 23.7. The fourth-order valence-corrected chi connectivity index (χ4v) is 1.43. The summed E-state index contributed by atoms with van der Waals surface area (Å²) in [6.07, 6.45) is 1.02. The predicted octanol–water partition coefficient (Wildman–Crippen LogP) is 0.727. The molecular weight excluding hydrogens is 214 g/mol. The van der Waals surface area contributed by atoms with Crippen molar-refractivity contribution < 1.29 is 13.2 Å². The molecule has 5 heteroatoms. The number of rotatable bonds is 4. The topological polar surface area (TPSA) is 63.2 Å². The second-order valence-electron chi connectivity index (χ2n) is 3.38. The molecule has 0 aliphatic heterocycles. The summed E-state index contributed by atoms with van der Waals surface area (Å²) in [4.78, 5) is 11.5. The van der Waals surface area contributed by atoms with Crippen LogP contribution in [0.3, 0.4) is 0 Å². The molecule has 0 aromatic heterocycles. The fraction of sp³-hybridized carbons (Fsp3) is 0.300. The third-order valence-electron chi connectivity index (χ3n) is 1.87. The van der Waals surface area contributed by atoms with E-state index < -0.39 is 10.0 Å². The highest BCUT2D eigenvalue weighted by atomic mass is 32.2. The smallest absolute Gasteiger partial charge is 0.209 e. The Morgan fingerprint density at radius 3 is 2.27 bits per heavy atom. The number of Topliss-reactive ketones (excluding diaryl/α,β-unsaturated/α-hetero) is 1. The first-order valence-electron chi connectivity index (χ1n) is 4.43. The number of hydrogen-bond acceptors (Lipinski definition) is 3. The Balaban J connectivity index is 2.66. The molecule has 0 aliphatic rings. The van der Waals surface area contributed by atoms with Crippen molar-refractivity contribution in [2.75, 3.05) is 12.8 Å². The van der Waals surface area contributed by atoms with E-state index >= 15 is 0 Å². The van der Waals surface area contributed by atoms with Gasteiger partial charge in [-0.15, -0.1) is 0 Å². The largest absolute Gasteiger partial charge is 0.293 e. The molecule has 0 saturated carbocycles. The van der Waals surface area contributed by atoms with Gasteiger partial charge in [-0.3, -0.25) is 4.79 Å². The molecule has 1 aromatic rings. The highest BCUT2D eigenvalue weighted by molar-refractivity contribution is 7.88. The Hall–Kier alpha value is -1.20. The monoisotopic (exact) mass is 227 g/mol. The van der Waals surface area contributed by atoms with Crippen molar-refractivity contribution in [1.82, 2.24) is 4.72 Å². The lowest BCUT2D eigenvalue weighted by Crippen LogP contribution is -2.28. The molecule has 0 heterocycles. The molecule has 0 unspecified atom stereocenters. The zero-order valence-electron chi connectivity index (χ0n) is 8.65. The molecule has 15 heavy (non-hydrogen) atoms. The van der Waals surface area contributed by atoms with Gasteiger partial charge in [0.1, 0.15) is 0 Å². The molecule has 0 amide bonds. The van der Waals surface area contributed by atoms with Crippen molar-refractivity contribution in [1.29, 1.82) is 0 Å². The molecule has 82 valence electrons. The van der Waals surface area contributed by atoms with Gasteiger partial charge in [0, 0.05) is 5.56 Å². The van der Waals surface area contributed by atoms with Gasteiger partial charge in [0.25, 0.3) is 0 Å². The van der Waals surface area contributed by atoms with Crippen LogP contribution in [0.1, 0.15) is 15.9 Å². The van der Waals surface area contributed by atoms with E-state index in [4.69, 9.17) is 0 Å². The molecule has 0 saturated heterocycles. The number of aryl methyl sites for hydroxylation is 1. The van der Waals surface area contributed by atoms with Crippen LogP contribution in [0.2, 0.25) is 0 Å². The Morgan fingerprint density at radius 2 is 1.80 bits per heavy atom. The first kappa shape index (κ1) is 11.9. The van der Waals surface area contributed by atoms with Gasteiger partial charge in [-0.1, -0.05) is 29.8 Å². The molecule has 1 aromatic carbocycles. The van der Waals surface area contributed by atoms with Crippen LogP contribution in [0.4, 0.5) is 0 Å². The fourth-order valence-electron chi connectivity index (χ4n) is 1.04. The standard InChI is InChI=1S/C10H13NO3S/c1-8-3-5-9(6-4-8)10(12)7-11-15(2,13)14/h3-6,11H,7H2,1-2H3. The summed E-state index contributed by atoms with van der Waals surface area (Å²) in [5.41, 5.74) is 1.57. The molecule has 0 spiro atoms. The average Bonchev–Trinajstić information content (AvgIpc) is 2.14.